The predicted molar refractivity (Wildman–Crippen MR) is 123 cm³/mol. The molecule has 0 radical (unpaired) electrons. The van der Waals surface area contributed by atoms with E-state index in [1.54, 1.807) is 12.1 Å². The zero-order chi connectivity index (χ0) is 23.3. The number of hydrogen-bond donors (Lipinski definition) is 1. The molecule has 0 unspecified atom stereocenters. The first-order valence-electron chi connectivity index (χ1n) is 10.2. The van der Waals surface area contributed by atoms with Crippen molar-refractivity contribution in [2.75, 3.05) is 5.32 Å². The number of carbonyl (C=O) groups is 1. The normalized spacial score (nSPS) is 11.0. The first kappa shape index (κ1) is 22.8. The smallest absolute Gasteiger partial charge is 0.315 e. The van der Waals surface area contributed by atoms with E-state index in [9.17, 15) is 14.9 Å². The first-order chi connectivity index (χ1) is 15.1. The maximum atomic E-state index is 11.7. The number of rotatable bonds is 7. The van der Waals surface area contributed by atoms with E-state index in [2.05, 4.69) is 26.1 Å². The minimum absolute atomic E-state index is 0.00863. The number of nitrogens with one attached hydrogen (secondary N) is 1. The quantitative estimate of drug-likeness (QED) is 0.352. The molecule has 32 heavy (non-hydrogen) atoms. The van der Waals surface area contributed by atoms with E-state index in [4.69, 9.17) is 9.47 Å². The van der Waals surface area contributed by atoms with E-state index in [1.165, 1.54) is 19.1 Å². The molecule has 166 valence electrons. The second-order valence-electron chi connectivity index (χ2n) is 8.41. The Morgan fingerprint density at radius 2 is 1.66 bits per heavy atom. The summed E-state index contributed by atoms with van der Waals surface area (Å²) in [5, 5.41) is 14.4. The van der Waals surface area contributed by atoms with Crippen LogP contribution in [0.2, 0.25) is 0 Å². The highest BCUT2D eigenvalue weighted by molar-refractivity contribution is 5.91. The summed E-state index contributed by atoms with van der Waals surface area (Å²) in [6, 6.07) is 19.5. The predicted octanol–water partition coefficient (Wildman–Crippen LogP) is 6.22. The van der Waals surface area contributed by atoms with E-state index in [1.807, 2.05) is 42.5 Å². The molecule has 0 aliphatic heterocycles. The van der Waals surface area contributed by atoms with E-state index in [0.717, 1.165) is 11.1 Å². The maximum Gasteiger partial charge on any atom is 0.315 e. The van der Waals surface area contributed by atoms with Crippen LogP contribution in [0.4, 0.5) is 11.4 Å². The van der Waals surface area contributed by atoms with Gasteiger partial charge in [-0.15, -0.1) is 0 Å². The van der Waals surface area contributed by atoms with Gasteiger partial charge in [-0.1, -0.05) is 63.2 Å². The fourth-order valence-corrected chi connectivity index (χ4v) is 3.07. The van der Waals surface area contributed by atoms with Crippen LogP contribution in [0, 0.1) is 10.1 Å². The zero-order valence-electron chi connectivity index (χ0n) is 18.5. The molecule has 0 aliphatic carbocycles. The van der Waals surface area contributed by atoms with Crippen molar-refractivity contribution in [3.63, 3.8) is 0 Å². The number of nitro benzene ring substituents is 1. The molecule has 3 aromatic carbocycles. The second-order valence-corrected chi connectivity index (χ2v) is 8.41. The summed E-state index contributed by atoms with van der Waals surface area (Å²) in [5.74, 6) is 0.317. The molecule has 7 nitrogen and oxygen atoms in total. The van der Waals surface area contributed by atoms with Gasteiger partial charge in [-0.2, -0.15) is 0 Å². The third-order valence-electron chi connectivity index (χ3n) is 4.75. The van der Waals surface area contributed by atoms with Crippen LogP contribution >= 0.6 is 0 Å². The average Bonchev–Trinajstić information content (AvgIpc) is 2.73. The Labute approximate surface area is 187 Å². The Morgan fingerprint density at radius 3 is 2.22 bits per heavy atom. The minimum atomic E-state index is -0.536. The number of anilines is 1. The summed E-state index contributed by atoms with van der Waals surface area (Å²) in [4.78, 5) is 22.9. The lowest BCUT2D eigenvalue weighted by atomic mass is 9.87. The van der Waals surface area contributed by atoms with Crippen molar-refractivity contribution in [2.24, 2.45) is 0 Å². The standard InChI is InChI=1S/C25H26N2O5/c1-17(28)26-21-14-24(32-20-12-10-19(11-13-20)25(2,3)4)22(27(29)30)15-23(21)31-16-18-8-6-5-7-9-18/h5-15H,16H2,1-4H3,(H,26,28). The second kappa shape index (κ2) is 9.51. The molecule has 1 N–H and O–H groups in total. The molecular weight excluding hydrogens is 408 g/mol. The van der Waals surface area contributed by atoms with E-state index in [0.29, 0.717) is 11.4 Å². The van der Waals surface area contributed by atoms with Crippen LogP contribution in [-0.2, 0) is 16.8 Å². The van der Waals surface area contributed by atoms with Crippen molar-refractivity contribution >= 4 is 17.3 Å². The van der Waals surface area contributed by atoms with Crippen molar-refractivity contribution in [3.8, 4) is 17.2 Å². The highest BCUT2D eigenvalue weighted by atomic mass is 16.6. The number of nitrogens with zero attached hydrogens (tertiary/aromatic N) is 1. The van der Waals surface area contributed by atoms with Crippen LogP contribution in [0.5, 0.6) is 17.2 Å². The Morgan fingerprint density at radius 1 is 1.00 bits per heavy atom. The van der Waals surface area contributed by atoms with Crippen molar-refractivity contribution in [2.45, 2.75) is 39.7 Å². The van der Waals surface area contributed by atoms with Gasteiger partial charge >= 0.3 is 5.69 Å². The summed E-state index contributed by atoms with van der Waals surface area (Å²) < 4.78 is 11.6. The molecule has 0 saturated heterocycles. The molecule has 3 aromatic rings. The summed E-state index contributed by atoms with van der Waals surface area (Å²) in [6.45, 7) is 7.85. The van der Waals surface area contributed by atoms with Gasteiger partial charge in [-0.3, -0.25) is 14.9 Å². The number of hydrogen-bond acceptors (Lipinski definition) is 5. The molecule has 0 fully saturated rings. The van der Waals surface area contributed by atoms with E-state index >= 15 is 0 Å². The third kappa shape index (κ3) is 5.85. The number of nitro groups is 1. The van der Waals surface area contributed by atoms with Gasteiger partial charge in [0.15, 0.2) is 0 Å². The van der Waals surface area contributed by atoms with Crippen LogP contribution in [-0.4, -0.2) is 10.8 Å². The highest BCUT2D eigenvalue weighted by Crippen LogP contribution is 2.40. The molecule has 0 aromatic heterocycles. The highest BCUT2D eigenvalue weighted by Gasteiger charge is 2.22. The van der Waals surface area contributed by atoms with Crippen molar-refractivity contribution < 1.29 is 19.2 Å². The van der Waals surface area contributed by atoms with Crippen molar-refractivity contribution in [1.29, 1.82) is 0 Å². The molecular formula is C25H26N2O5. The molecule has 0 bridgehead atoms. The molecule has 0 atom stereocenters. The van der Waals surface area contributed by atoms with Gasteiger partial charge in [0.1, 0.15) is 18.1 Å². The van der Waals surface area contributed by atoms with E-state index < -0.39 is 4.92 Å². The lowest BCUT2D eigenvalue weighted by Gasteiger charge is -2.19. The molecule has 0 heterocycles. The lowest BCUT2D eigenvalue weighted by molar-refractivity contribution is -0.385. The first-order valence-corrected chi connectivity index (χ1v) is 10.2. The fourth-order valence-electron chi connectivity index (χ4n) is 3.07. The number of amides is 1. The topological polar surface area (TPSA) is 90.7 Å². The Balaban J connectivity index is 1.94. The fraction of sp³-hybridized carbons (Fsp3) is 0.240. The van der Waals surface area contributed by atoms with E-state index in [-0.39, 0.29) is 35.1 Å². The van der Waals surface area contributed by atoms with Crippen LogP contribution in [0.25, 0.3) is 0 Å². The van der Waals surface area contributed by atoms with Crippen LogP contribution < -0.4 is 14.8 Å². The van der Waals surface area contributed by atoms with Gasteiger partial charge < -0.3 is 14.8 Å². The molecule has 0 aliphatic rings. The van der Waals surface area contributed by atoms with Crippen LogP contribution in [0.3, 0.4) is 0 Å². The average molecular weight is 434 g/mol. The molecule has 0 saturated carbocycles. The van der Waals surface area contributed by atoms with Gasteiger partial charge in [-0.25, -0.2) is 0 Å². The monoisotopic (exact) mass is 434 g/mol. The summed E-state index contributed by atoms with van der Waals surface area (Å²) in [6.07, 6.45) is 0. The maximum absolute atomic E-state index is 11.7. The molecule has 7 heteroatoms. The molecule has 1 amide bonds. The number of benzene rings is 3. The number of ether oxygens (including phenoxy) is 2. The third-order valence-corrected chi connectivity index (χ3v) is 4.75. The summed E-state index contributed by atoms with van der Waals surface area (Å²) in [7, 11) is 0. The largest absolute Gasteiger partial charge is 0.486 e. The van der Waals surface area contributed by atoms with Gasteiger partial charge in [0, 0.05) is 13.0 Å². The zero-order valence-corrected chi connectivity index (χ0v) is 18.5. The Kier molecular flexibility index (Phi) is 6.78. The van der Waals surface area contributed by atoms with Gasteiger partial charge in [0.25, 0.3) is 0 Å². The lowest BCUT2D eigenvalue weighted by Crippen LogP contribution is -2.10. The summed E-state index contributed by atoms with van der Waals surface area (Å²) in [5.41, 5.74) is 2.01. The van der Waals surface area contributed by atoms with Gasteiger partial charge in [-0.05, 0) is 28.7 Å². The van der Waals surface area contributed by atoms with Crippen molar-refractivity contribution in [1.82, 2.24) is 0 Å². The van der Waals surface area contributed by atoms with Crippen molar-refractivity contribution in [3.05, 3.63) is 88.0 Å². The minimum Gasteiger partial charge on any atom is -0.486 e. The molecule has 0 spiro atoms. The summed E-state index contributed by atoms with van der Waals surface area (Å²) >= 11 is 0. The Hall–Kier alpha value is -3.87. The van der Waals surface area contributed by atoms with Gasteiger partial charge in [0.05, 0.1) is 16.7 Å². The van der Waals surface area contributed by atoms with Crippen LogP contribution in [0.15, 0.2) is 66.7 Å². The Bertz CT molecular complexity index is 1100. The number of carbonyl (C=O) groups excluding carboxylic acids is 1. The van der Waals surface area contributed by atoms with Gasteiger partial charge in [0.2, 0.25) is 11.7 Å². The molecule has 3 rings (SSSR count). The SMILES string of the molecule is CC(=O)Nc1cc(Oc2ccc(C(C)(C)C)cc2)c([N+](=O)[O-])cc1OCc1ccccc1. The van der Waals surface area contributed by atoms with Crippen LogP contribution in [0.1, 0.15) is 38.8 Å².